The largest absolute Gasteiger partial charge is 0.294 e. The minimum atomic E-state index is 0.229. The summed E-state index contributed by atoms with van der Waals surface area (Å²) in [5.41, 5.74) is 4.81. The number of hydrogen-bond acceptors (Lipinski definition) is 2. The molecule has 130 valence electrons. The van der Waals surface area contributed by atoms with Crippen molar-refractivity contribution in [3.8, 4) is 0 Å². The quantitative estimate of drug-likeness (QED) is 0.605. The third-order valence-corrected chi connectivity index (χ3v) is 5.14. The number of carbonyl (C=O) groups is 1. The Labute approximate surface area is 155 Å². The van der Waals surface area contributed by atoms with Crippen LogP contribution < -0.4 is 0 Å². The van der Waals surface area contributed by atoms with Crippen molar-refractivity contribution in [2.24, 2.45) is 0 Å². The fourth-order valence-electron chi connectivity index (χ4n) is 3.89. The molecule has 2 nitrogen and oxygen atoms in total. The van der Waals surface area contributed by atoms with E-state index in [4.69, 9.17) is 0 Å². The molecule has 0 spiro atoms. The smallest absolute Gasteiger partial charge is 0.163 e. The fourth-order valence-corrected chi connectivity index (χ4v) is 3.89. The zero-order valence-electron chi connectivity index (χ0n) is 14.8. The van der Waals surface area contributed by atoms with E-state index in [1.807, 2.05) is 30.3 Å². The third-order valence-electron chi connectivity index (χ3n) is 5.14. The van der Waals surface area contributed by atoms with Gasteiger partial charge in [0.05, 0.1) is 0 Å². The molecule has 0 saturated carbocycles. The van der Waals surface area contributed by atoms with Crippen molar-refractivity contribution >= 4 is 5.78 Å². The van der Waals surface area contributed by atoms with E-state index in [2.05, 4.69) is 59.5 Å². The summed E-state index contributed by atoms with van der Waals surface area (Å²) in [4.78, 5) is 15.2. The normalized spacial score (nSPS) is 16.8. The number of hydrogen-bond donors (Lipinski definition) is 0. The van der Waals surface area contributed by atoms with Crippen LogP contribution in [0.4, 0.5) is 0 Å². The highest BCUT2D eigenvalue weighted by atomic mass is 16.1. The van der Waals surface area contributed by atoms with E-state index in [9.17, 15) is 4.79 Å². The van der Waals surface area contributed by atoms with Gasteiger partial charge in [-0.3, -0.25) is 9.69 Å². The van der Waals surface area contributed by atoms with Crippen molar-refractivity contribution in [3.05, 3.63) is 107 Å². The van der Waals surface area contributed by atoms with Gasteiger partial charge in [-0.2, -0.15) is 0 Å². The van der Waals surface area contributed by atoms with Gasteiger partial charge >= 0.3 is 0 Å². The SMILES string of the molecule is O=C(CC1CN(Cc2ccccc2)Cc2ccccc21)c1ccccc1. The van der Waals surface area contributed by atoms with Crippen LogP contribution in [0.15, 0.2) is 84.9 Å². The lowest BCUT2D eigenvalue weighted by molar-refractivity contribution is 0.0959. The van der Waals surface area contributed by atoms with Gasteiger partial charge in [-0.15, -0.1) is 0 Å². The molecule has 0 aromatic heterocycles. The van der Waals surface area contributed by atoms with Crippen LogP contribution in [0.2, 0.25) is 0 Å². The van der Waals surface area contributed by atoms with Gasteiger partial charge in [0.1, 0.15) is 0 Å². The van der Waals surface area contributed by atoms with E-state index in [1.54, 1.807) is 0 Å². The molecule has 1 atom stereocenters. The average Bonchev–Trinajstić information content (AvgIpc) is 2.69. The van der Waals surface area contributed by atoms with Crippen molar-refractivity contribution in [1.82, 2.24) is 4.90 Å². The predicted octanol–water partition coefficient (Wildman–Crippen LogP) is 5.06. The number of nitrogens with zero attached hydrogens (tertiary/aromatic N) is 1. The second-order valence-corrected chi connectivity index (χ2v) is 7.04. The summed E-state index contributed by atoms with van der Waals surface area (Å²) >= 11 is 0. The Bertz CT molecular complexity index is 873. The summed E-state index contributed by atoms with van der Waals surface area (Å²) < 4.78 is 0. The zero-order valence-corrected chi connectivity index (χ0v) is 14.8. The molecular weight excluding hydrogens is 318 g/mol. The first-order valence-electron chi connectivity index (χ1n) is 9.22. The van der Waals surface area contributed by atoms with Crippen LogP contribution in [0.5, 0.6) is 0 Å². The summed E-state index contributed by atoms with van der Waals surface area (Å²) in [6.07, 6.45) is 0.562. The minimum absolute atomic E-state index is 0.229. The second-order valence-electron chi connectivity index (χ2n) is 7.04. The molecule has 26 heavy (non-hydrogen) atoms. The first-order chi connectivity index (χ1) is 12.8. The van der Waals surface area contributed by atoms with Crippen molar-refractivity contribution in [3.63, 3.8) is 0 Å². The van der Waals surface area contributed by atoms with Crippen LogP contribution in [0.3, 0.4) is 0 Å². The Kier molecular flexibility index (Phi) is 4.94. The van der Waals surface area contributed by atoms with Crippen LogP contribution in [-0.2, 0) is 13.1 Å². The highest BCUT2D eigenvalue weighted by Gasteiger charge is 2.27. The lowest BCUT2D eigenvalue weighted by atomic mass is 9.85. The van der Waals surface area contributed by atoms with Crippen molar-refractivity contribution in [1.29, 1.82) is 0 Å². The maximum absolute atomic E-state index is 12.8. The Morgan fingerprint density at radius 3 is 2.27 bits per heavy atom. The van der Waals surface area contributed by atoms with Gasteiger partial charge in [-0.05, 0) is 16.7 Å². The Hall–Kier alpha value is -2.71. The Balaban J connectivity index is 1.55. The van der Waals surface area contributed by atoms with Gasteiger partial charge in [0.2, 0.25) is 0 Å². The number of rotatable bonds is 5. The van der Waals surface area contributed by atoms with Gasteiger partial charge in [-0.25, -0.2) is 0 Å². The minimum Gasteiger partial charge on any atom is -0.294 e. The third kappa shape index (κ3) is 3.76. The molecule has 0 aliphatic carbocycles. The molecule has 1 unspecified atom stereocenters. The topological polar surface area (TPSA) is 20.3 Å². The molecule has 1 heterocycles. The molecular formula is C24H23NO. The Morgan fingerprint density at radius 1 is 0.846 bits per heavy atom. The molecule has 0 N–H and O–H groups in total. The molecule has 0 radical (unpaired) electrons. The average molecular weight is 341 g/mol. The molecule has 0 fully saturated rings. The highest BCUT2D eigenvalue weighted by Crippen LogP contribution is 2.32. The van der Waals surface area contributed by atoms with Crippen molar-refractivity contribution in [2.75, 3.05) is 6.54 Å². The lowest BCUT2D eigenvalue weighted by Crippen LogP contribution is -2.34. The number of benzene rings is 3. The van der Waals surface area contributed by atoms with Crippen LogP contribution in [0.25, 0.3) is 0 Å². The zero-order chi connectivity index (χ0) is 17.8. The molecule has 0 amide bonds. The van der Waals surface area contributed by atoms with Gasteiger partial charge in [0, 0.05) is 37.5 Å². The van der Waals surface area contributed by atoms with E-state index >= 15 is 0 Å². The fraction of sp³-hybridized carbons (Fsp3) is 0.208. The Morgan fingerprint density at radius 2 is 1.50 bits per heavy atom. The second kappa shape index (κ2) is 7.67. The summed E-state index contributed by atoms with van der Waals surface area (Å²) in [5.74, 6) is 0.475. The molecule has 0 saturated heterocycles. The summed E-state index contributed by atoms with van der Waals surface area (Å²) in [7, 11) is 0. The molecule has 2 heteroatoms. The van der Waals surface area contributed by atoms with Gasteiger partial charge in [0.15, 0.2) is 5.78 Å². The van der Waals surface area contributed by atoms with E-state index in [0.29, 0.717) is 6.42 Å². The highest BCUT2D eigenvalue weighted by molar-refractivity contribution is 5.96. The van der Waals surface area contributed by atoms with Crippen molar-refractivity contribution < 1.29 is 4.79 Å². The monoisotopic (exact) mass is 341 g/mol. The van der Waals surface area contributed by atoms with E-state index in [1.165, 1.54) is 16.7 Å². The van der Waals surface area contributed by atoms with E-state index in [0.717, 1.165) is 25.2 Å². The number of Topliss-reactive ketones (excluding diaryl/α,β-unsaturated/α-hetero) is 1. The standard InChI is InChI=1S/C24H23NO/c26-24(20-11-5-2-6-12-20)15-22-18-25(16-19-9-3-1-4-10-19)17-21-13-7-8-14-23(21)22/h1-14,22H,15-18H2. The van der Waals surface area contributed by atoms with Gasteiger partial charge in [0.25, 0.3) is 0 Å². The van der Waals surface area contributed by atoms with Crippen molar-refractivity contribution in [2.45, 2.75) is 25.4 Å². The molecule has 0 bridgehead atoms. The first-order valence-corrected chi connectivity index (χ1v) is 9.22. The van der Waals surface area contributed by atoms with Crippen LogP contribution in [0, 0.1) is 0 Å². The molecule has 1 aliphatic heterocycles. The summed E-state index contributed by atoms with van der Waals surface area (Å²) in [6, 6.07) is 28.8. The van der Waals surface area contributed by atoms with E-state index in [-0.39, 0.29) is 11.7 Å². The summed E-state index contributed by atoms with van der Waals surface area (Å²) in [6.45, 7) is 2.79. The summed E-state index contributed by atoms with van der Waals surface area (Å²) in [5, 5.41) is 0. The lowest BCUT2D eigenvalue weighted by Gasteiger charge is -2.34. The van der Waals surface area contributed by atoms with Gasteiger partial charge < -0.3 is 0 Å². The molecule has 3 aromatic rings. The number of ketones is 1. The first kappa shape index (κ1) is 16.7. The van der Waals surface area contributed by atoms with Crippen LogP contribution in [0.1, 0.15) is 39.4 Å². The maximum atomic E-state index is 12.8. The maximum Gasteiger partial charge on any atom is 0.163 e. The molecule has 1 aliphatic rings. The number of fused-ring (bicyclic) bond motifs is 1. The molecule has 3 aromatic carbocycles. The van der Waals surface area contributed by atoms with Crippen LogP contribution >= 0.6 is 0 Å². The molecule has 4 rings (SSSR count). The van der Waals surface area contributed by atoms with Crippen LogP contribution in [-0.4, -0.2) is 17.2 Å². The predicted molar refractivity (Wildman–Crippen MR) is 105 cm³/mol. The van der Waals surface area contributed by atoms with Gasteiger partial charge in [-0.1, -0.05) is 84.9 Å². The number of carbonyl (C=O) groups excluding carboxylic acids is 1. The van der Waals surface area contributed by atoms with E-state index < -0.39 is 0 Å².